The molecule has 0 radical (unpaired) electrons. The SMILES string of the molecule is O=C(CC12CC3CC(CC(C3)C1)C2)N1C[C@@H](Cc2ccncc2)[C@H](O)C1. The lowest BCUT2D eigenvalue weighted by Crippen LogP contribution is -2.48. The van der Waals surface area contributed by atoms with Crippen LogP contribution in [-0.4, -0.2) is 40.1 Å². The molecule has 5 aliphatic rings. The van der Waals surface area contributed by atoms with Crippen LogP contribution in [-0.2, 0) is 11.2 Å². The highest BCUT2D eigenvalue weighted by Crippen LogP contribution is 2.61. The fraction of sp³-hybridized carbons (Fsp3) is 0.727. The van der Waals surface area contributed by atoms with Crippen LogP contribution >= 0.6 is 0 Å². The van der Waals surface area contributed by atoms with E-state index >= 15 is 0 Å². The molecule has 4 nitrogen and oxygen atoms in total. The van der Waals surface area contributed by atoms with Gasteiger partial charge in [0.1, 0.15) is 0 Å². The van der Waals surface area contributed by atoms with Gasteiger partial charge in [-0.15, -0.1) is 0 Å². The lowest BCUT2D eigenvalue weighted by molar-refractivity contribution is -0.138. The highest BCUT2D eigenvalue weighted by atomic mass is 16.3. The number of carbonyl (C=O) groups is 1. The topological polar surface area (TPSA) is 53.4 Å². The number of nitrogens with zero attached hydrogens (tertiary/aromatic N) is 2. The Balaban J connectivity index is 1.23. The lowest BCUT2D eigenvalue weighted by atomic mass is 9.49. The summed E-state index contributed by atoms with van der Waals surface area (Å²) in [5.74, 6) is 3.11. The number of likely N-dealkylation sites (tertiary alicyclic amines) is 1. The molecule has 0 unspecified atom stereocenters. The van der Waals surface area contributed by atoms with E-state index in [9.17, 15) is 9.90 Å². The van der Waals surface area contributed by atoms with Gasteiger partial charge in [-0.2, -0.15) is 0 Å². The molecule has 4 aliphatic carbocycles. The number of hydrogen-bond acceptors (Lipinski definition) is 3. The maximum absolute atomic E-state index is 13.1. The first-order chi connectivity index (χ1) is 12.6. The molecule has 5 fully saturated rings. The van der Waals surface area contributed by atoms with Crippen LogP contribution in [0.25, 0.3) is 0 Å². The van der Waals surface area contributed by atoms with E-state index in [1.807, 2.05) is 17.0 Å². The molecule has 4 bridgehead atoms. The predicted octanol–water partition coefficient (Wildman–Crippen LogP) is 3.05. The Bertz CT molecular complexity index is 639. The van der Waals surface area contributed by atoms with Crippen molar-refractivity contribution in [2.24, 2.45) is 29.1 Å². The van der Waals surface area contributed by atoms with Gasteiger partial charge in [-0.25, -0.2) is 0 Å². The van der Waals surface area contributed by atoms with Crippen LogP contribution in [0.5, 0.6) is 0 Å². The second kappa shape index (κ2) is 6.33. The largest absolute Gasteiger partial charge is 0.391 e. The highest BCUT2D eigenvalue weighted by Gasteiger charge is 2.52. The van der Waals surface area contributed by atoms with Crippen molar-refractivity contribution < 1.29 is 9.90 Å². The maximum atomic E-state index is 13.1. The van der Waals surface area contributed by atoms with Crippen LogP contribution < -0.4 is 0 Å². The van der Waals surface area contributed by atoms with Crippen molar-refractivity contribution in [3.8, 4) is 0 Å². The van der Waals surface area contributed by atoms with Gasteiger partial charge in [0.15, 0.2) is 0 Å². The predicted molar refractivity (Wildman–Crippen MR) is 99.2 cm³/mol. The zero-order valence-corrected chi connectivity index (χ0v) is 15.5. The Morgan fingerprint density at radius 1 is 1.08 bits per heavy atom. The van der Waals surface area contributed by atoms with E-state index in [4.69, 9.17) is 0 Å². The van der Waals surface area contributed by atoms with Gasteiger partial charge < -0.3 is 10.0 Å². The Morgan fingerprint density at radius 3 is 2.31 bits per heavy atom. The summed E-state index contributed by atoms with van der Waals surface area (Å²) in [6.07, 6.45) is 12.8. The molecule has 1 saturated heterocycles. The molecule has 26 heavy (non-hydrogen) atoms. The minimum absolute atomic E-state index is 0.151. The van der Waals surface area contributed by atoms with E-state index in [0.717, 1.165) is 30.6 Å². The van der Waals surface area contributed by atoms with Gasteiger partial charge in [0.25, 0.3) is 0 Å². The molecule has 1 aromatic rings. The summed E-state index contributed by atoms with van der Waals surface area (Å²) < 4.78 is 0. The average molecular weight is 354 g/mol. The van der Waals surface area contributed by atoms with Gasteiger partial charge in [-0.3, -0.25) is 9.78 Å². The molecule has 0 aromatic carbocycles. The summed E-state index contributed by atoms with van der Waals surface area (Å²) in [4.78, 5) is 19.1. The summed E-state index contributed by atoms with van der Waals surface area (Å²) in [5, 5.41) is 10.5. The van der Waals surface area contributed by atoms with Crippen molar-refractivity contribution in [3.05, 3.63) is 30.1 Å². The number of aliphatic hydroxyl groups is 1. The van der Waals surface area contributed by atoms with Crippen molar-refractivity contribution in [2.75, 3.05) is 13.1 Å². The quantitative estimate of drug-likeness (QED) is 0.904. The van der Waals surface area contributed by atoms with Crippen molar-refractivity contribution in [1.29, 1.82) is 0 Å². The normalized spacial score (nSPS) is 41.0. The third-order valence-corrected chi connectivity index (χ3v) is 7.70. The van der Waals surface area contributed by atoms with Gasteiger partial charge >= 0.3 is 0 Å². The third kappa shape index (κ3) is 3.06. The van der Waals surface area contributed by atoms with Crippen LogP contribution in [0, 0.1) is 29.1 Å². The highest BCUT2D eigenvalue weighted by molar-refractivity contribution is 5.77. The second-order valence-corrected chi connectivity index (χ2v) is 9.78. The summed E-state index contributed by atoms with van der Waals surface area (Å²) in [5.41, 5.74) is 1.49. The molecular formula is C22H30N2O2. The number of aromatic nitrogens is 1. The molecule has 6 rings (SSSR count). The lowest BCUT2D eigenvalue weighted by Gasteiger charge is -2.56. The van der Waals surface area contributed by atoms with Crippen molar-refractivity contribution in [3.63, 3.8) is 0 Å². The molecule has 2 heterocycles. The van der Waals surface area contributed by atoms with E-state index in [-0.39, 0.29) is 5.92 Å². The fourth-order valence-electron chi connectivity index (χ4n) is 7.02. The van der Waals surface area contributed by atoms with Crippen molar-refractivity contribution >= 4 is 5.91 Å². The molecule has 4 saturated carbocycles. The summed E-state index contributed by atoms with van der Waals surface area (Å²) in [6, 6.07) is 4.01. The number of aliphatic hydroxyl groups excluding tert-OH is 1. The van der Waals surface area contributed by atoms with Gasteiger partial charge in [-0.1, -0.05) is 0 Å². The van der Waals surface area contributed by atoms with E-state index < -0.39 is 6.10 Å². The number of amides is 1. The molecule has 0 spiro atoms. The number of hydrogen-bond donors (Lipinski definition) is 1. The molecule has 1 N–H and O–H groups in total. The first-order valence-electron chi connectivity index (χ1n) is 10.4. The fourth-order valence-corrected chi connectivity index (χ4v) is 7.02. The first-order valence-corrected chi connectivity index (χ1v) is 10.4. The van der Waals surface area contributed by atoms with Crippen LogP contribution in [0.1, 0.15) is 50.5 Å². The summed E-state index contributed by atoms with van der Waals surface area (Å²) in [7, 11) is 0. The Kier molecular flexibility index (Phi) is 4.07. The smallest absolute Gasteiger partial charge is 0.223 e. The van der Waals surface area contributed by atoms with E-state index in [2.05, 4.69) is 4.98 Å². The second-order valence-electron chi connectivity index (χ2n) is 9.78. The number of pyridine rings is 1. The zero-order chi connectivity index (χ0) is 17.7. The van der Waals surface area contributed by atoms with Gasteiger partial charge in [-0.05, 0) is 85.8 Å². The summed E-state index contributed by atoms with van der Waals surface area (Å²) in [6.45, 7) is 1.22. The standard InChI is InChI=1S/C22H30N2O2/c25-20-14-24(13-19(20)8-15-1-3-23-4-2-15)21(26)12-22-9-16-5-17(10-22)7-18(6-16)11-22/h1-4,16-20,25H,5-14H2/t16?,17?,18?,19-,20-,22?/m1/s1. The van der Waals surface area contributed by atoms with E-state index in [1.165, 1.54) is 44.1 Å². The first kappa shape index (κ1) is 16.7. The molecule has 140 valence electrons. The van der Waals surface area contributed by atoms with E-state index in [0.29, 0.717) is 24.4 Å². The molecule has 1 aliphatic heterocycles. The maximum Gasteiger partial charge on any atom is 0.223 e. The Morgan fingerprint density at radius 2 is 1.69 bits per heavy atom. The minimum atomic E-state index is -0.400. The number of β-amino-alcohol motifs (C(OH)–C–C–N with tert-alkyl or cyclic N) is 1. The molecule has 4 heteroatoms. The van der Waals surface area contributed by atoms with Gasteiger partial charge in [0.05, 0.1) is 6.10 Å². The van der Waals surface area contributed by atoms with Crippen LogP contribution in [0.3, 0.4) is 0 Å². The number of rotatable bonds is 4. The molecule has 1 aromatic heterocycles. The van der Waals surface area contributed by atoms with Crippen molar-refractivity contribution in [1.82, 2.24) is 9.88 Å². The molecule has 2 atom stereocenters. The summed E-state index contributed by atoms with van der Waals surface area (Å²) >= 11 is 0. The van der Waals surface area contributed by atoms with Crippen molar-refractivity contribution in [2.45, 2.75) is 57.5 Å². The van der Waals surface area contributed by atoms with Crippen LogP contribution in [0.15, 0.2) is 24.5 Å². The Labute approximate surface area is 156 Å². The minimum Gasteiger partial charge on any atom is -0.391 e. The van der Waals surface area contributed by atoms with Gasteiger partial charge in [0.2, 0.25) is 5.91 Å². The molecular weight excluding hydrogens is 324 g/mol. The van der Waals surface area contributed by atoms with Gasteiger partial charge in [0, 0.05) is 37.8 Å². The number of carbonyl (C=O) groups excluding carboxylic acids is 1. The van der Waals surface area contributed by atoms with E-state index in [1.54, 1.807) is 12.4 Å². The van der Waals surface area contributed by atoms with Crippen LogP contribution in [0.4, 0.5) is 0 Å². The Hall–Kier alpha value is -1.42. The monoisotopic (exact) mass is 354 g/mol. The van der Waals surface area contributed by atoms with Crippen LogP contribution in [0.2, 0.25) is 0 Å². The third-order valence-electron chi connectivity index (χ3n) is 7.70. The average Bonchev–Trinajstić information content (AvgIpc) is 2.95. The molecule has 1 amide bonds. The zero-order valence-electron chi connectivity index (χ0n) is 15.5.